The van der Waals surface area contributed by atoms with E-state index in [-0.39, 0.29) is 12.1 Å². The summed E-state index contributed by atoms with van der Waals surface area (Å²) in [4.78, 5) is 24.6. The number of hydrogen-bond donors (Lipinski definition) is 1. The van der Waals surface area contributed by atoms with E-state index in [4.69, 9.17) is 0 Å². The van der Waals surface area contributed by atoms with Gasteiger partial charge in [-0.05, 0) is 25.7 Å². The van der Waals surface area contributed by atoms with Gasteiger partial charge in [-0.2, -0.15) is 0 Å². The van der Waals surface area contributed by atoms with Gasteiger partial charge in [-0.25, -0.2) is 0 Å². The Morgan fingerprint density at radius 2 is 2.31 bits per heavy atom. The highest BCUT2D eigenvalue weighted by Crippen LogP contribution is 2.20. The lowest BCUT2D eigenvalue weighted by molar-refractivity contribution is -0.769. The van der Waals surface area contributed by atoms with Gasteiger partial charge in [0.05, 0.1) is 0 Å². The van der Waals surface area contributed by atoms with Crippen LogP contribution in [-0.4, -0.2) is 23.6 Å². The normalized spacial score (nSPS) is 27.7. The highest BCUT2D eigenvalue weighted by Gasteiger charge is 2.23. The first-order valence-corrected chi connectivity index (χ1v) is 4.23. The largest absolute Gasteiger partial charge is 0.356 e. The van der Waals surface area contributed by atoms with Crippen molar-refractivity contribution in [1.82, 2.24) is 5.32 Å². The predicted octanol–water partition coefficient (Wildman–Crippen LogP) is 0.252. The minimum atomic E-state index is -0.770. The number of rotatable bonds is 4. The van der Waals surface area contributed by atoms with Gasteiger partial charge in [0.2, 0.25) is 6.41 Å². The molecule has 0 aliphatic heterocycles. The predicted molar refractivity (Wildman–Crippen MR) is 43.3 cm³/mol. The summed E-state index contributed by atoms with van der Waals surface area (Å²) in [5, 5.41) is 11.9. The Kier molecular flexibility index (Phi) is 3.48. The van der Waals surface area contributed by atoms with Gasteiger partial charge in [-0.3, -0.25) is 4.79 Å². The lowest BCUT2D eigenvalue weighted by Crippen LogP contribution is -2.36. The van der Waals surface area contributed by atoms with E-state index >= 15 is 0 Å². The second-order valence-electron chi connectivity index (χ2n) is 3.10. The van der Waals surface area contributed by atoms with Crippen molar-refractivity contribution in [3.8, 4) is 0 Å². The van der Waals surface area contributed by atoms with Crippen molar-refractivity contribution in [1.29, 1.82) is 0 Å². The molecule has 0 spiro atoms. The van der Waals surface area contributed by atoms with Crippen LogP contribution in [0.1, 0.15) is 25.7 Å². The quantitative estimate of drug-likeness (QED) is 0.389. The van der Waals surface area contributed by atoms with Gasteiger partial charge in [0.15, 0.2) is 0 Å². The Bertz CT molecular complexity index is 197. The van der Waals surface area contributed by atoms with E-state index in [0.29, 0.717) is 19.3 Å². The molecule has 0 unspecified atom stereocenters. The Hall–Kier alpha value is -1.33. The molecule has 0 saturated heterocycles. The maximum atomic E-state index is 10.1. The number of nitrogens with zero attached hydrogens (tertiary/aromatic N) is 1. The van der Waals surface area contributed by atoms with Crippen LogP contribution >= 0.6 is 0 Å². The Morgan fingerprint density at radius 1 is 1.54 bits per heavy atom. The van der Waals surface area contributed by atoms with Gasteiger partial charge in [0.25, 0.3) is 5.09 Å². The van der Waals surface area contributed by atoms with Gasteiger partial charge in [0.1, 0.15) is 6.10 Å². The molecule has 6 nitrogen and oxygen atoms in total. The molecule has 1 aliphatic rings. The highest BCUT2D eigenvalue weighted by atomic mass is 17.0. The molecule has 1 aliphatic carbocycles. The second-order valence-corrected chi connectivity index (χ2v) is 3.10. The van der Waals surface area contributed by atoms with Crippen LogP contribution in [-0.2, 0) is 9.63 Å². The minimum Gasteiger partial charge on any atom is -0.356 e. The molecular weight excluding hydrogens is 176 g/mol. The fourth-order valence-electron chi connectivity index (χ4n) is 1.61. The van der Waals surface area contributed by atoms with E-state index < -0.39 is 5.09 Å². The molecule has 6 heteroatoms. The van der Waals surface area contributed by atoms with Crippen molar-refractivity contribution in [3.63, 3.8) is 0 Å². The van der Waals surface area contributed by atoms with Crippen LogP contribution in [0, 0.1) is 10.1 Å². The lowest BCUT2D eigenvalue weighted by atomic mass is 9.93. The Labute approximate surface area is 75.4 Å². The maximum absolute atomic E-state index is 10.1. The number of carbonyl (C=O) groups excluding carboxylic acids is 1. The van der Waals surface area contributed by atoms with E-state index in [1.807, 2.05) is 0 Å². The summed E-state index contributed by atoms with van der Waals surface area (Å²) in [5.41, 5.74) is 0. The summed E-state index contributed by atoms with van der Waals surface area (Å²) in [6.45, 7) is 0. The highest BCUT2D eigenvalue weighted by molar-refractivity contribution is 5.46. The van der Waals surface area contributed by atoms with Gasteiger partial charge >= 0.3 is 0 Å². The number of nitrogens with one attached hydrogen (secondary N) is 1. The molecule has 1 saturated carbocycles. The summed E-state index contributed by atoms with van der Waals surface area (Å²) in [6.07, 6.45) is 3.21. The molecule has 1 N–H and O–H groups in total. The van der Waals surface area contributed by atoms with Gasteiger partial charge < -0.3 is 10.2 Å². The third kappa shape index (κ3) is 3.27. The zero-order valence-corrected chi connectivity index (χ0v) is 7.14. The summed E-state index contributed by atoms with van der Waals surface area (Å²) < 4.78 is 0. The van der Waals surface area contributed by atoms with Crippen LogP contribution in [0.3, 0.4) is 0 Å². The van der Waals surface area contributed by atoms with E-state index in [1.54, 1.807) is 0 Å². The van der Waals surface area contributed by atoms with Gasteiger partial charge in [-0.1, -0.05) is 0 Å². The van der Waals surface area contributed by atoms with E-state index in [1.165, 1.54) is 0 Å². The molecule has 0 aromatic heterocycles. The molecule has 0 aromatic carbocycles. The first-order valence-electron chi connectivity index (χ1n) is 4.23. The van der Waals surface area contributed by atoms with Crippen molar-refractivity contribution in [2.45, 2.75) is 37.8 Å². The van der Waals surface area contributed by atoms with E-state index in [9.17, 15) is 14.9 Å². The van der Waals surface area contributed by atoms with Crippen LogP contribution in [0.2, 0.25) is 0 Å². The summed E-state index contributed by atoms with van der Waals surface area (Å²) in [6, 6.07) is 0.0243. The molecule has 1 rings (SSSR count). The zero-order valence-electron chi connectivity index (χ0n) is 7.14. The molecule has 0 aromatic rings. The van der Waals surface area contributed by atoms with Crippen LogP contribution in [0.5, 0.6) is 0 Å². The van der Waals surface area contributed by atoms with Crippen LogP contribution in [0.25, 0.3) is 0 Å². The van der Waals surface area contributed by atoms with E-state index in [2.05, 4.69) is 10.2 Å². The van der Waals surface area contributed by atoms with Gasteiger partial charge in [0, 0.05) is 6.04 Å². The minimum absolute atomic E-state index is 0.0243. The SMILES string of the molecule is O=CN[C@H]1CCC[C@@H](O[N+](=O)[O-])C1. The summed E-state index contributed by atoms with van der Waals surface area (Å²) in [5.74, 6) is 0. The lowest BCUT2D eigenvalue weighted by Gasteiger charge is -2.26. The Morgan fingerprint density at radius 3 is 2.92 bits per heavy atom. The third-order valence-electron chi connectivity index (χ3n) is 2.16. The topological polar surface area (TPSA) is 81.5 Å². The number of amides is 1. The third-order valence-corrected chi connectivity index (χ3v) is 2.16. The van der Waals surface area contributed by atoms with Gasteiger partial charge in [-0.15, -0.1) is 10.1 Å². The fraction of sp³-hybridized carbons (Fsp3) is 0.857. The van der Waals surface area contributed by atoms with E-state index in [0.717, 1.165) is 12.8 Å². The second kappa shape index (κ2) is 4.64. The molecule has 0 heterocycles. The first kappa shape index (κ1) is 9.76. The van der Waals surface area contributed by atoms with Crippen molar-refractivity contribution in [3.05, 3.63) is 10.1 Å². The molecule has 74 valence electrons. The van der Waals surface area contributed by atoms with Crippen molar-refractivity contribution in [2.75, 3.05) is 0 Å². The smallest absolute Gasteiger partial charge is 0.294 e. The average Bonchev–Trinajstić information content (AvgIpc) is 2.04. The van der Waals surface area contributed by atoms with Crippen molar-refractivity contribution >= 4 is 6.41 Å². The number of hydrogen-bond acceptors (Lipinski definition) is 4. The molecule has 0 radical (unpaired) electrons. The molecule has 13 heavy (non-hydrogen) atoms. The van der Waals surface area contributed by atoms with Crippen molar-refractivity contribution < 1.29 is 14.7 Å². The monoisotopic (exact) mass is 188 g/mol. The molecule has 1 amide bonds. The van der Waals surface area contributed by atoms with Crippen LogP contribution in [0.15, 0.2) is 0 Å². The fourth-order valence-corrected chi connectivity index (χ4v) is 1.61. The van der Waals surface area contributed by atoms with Crippen LogP contribution in [0.4, 0.5) is 0 Å². The number of carbonyl (C=O) groups is 1. The molecule has 0 bridgehead atoms. The summed E-state index contributed by atoms with van der Waals surface area (Å²) >= 11 is 0. The zero-order chi connectivity index (χ0) is 9.68. The average molecular weight is 188 g/mol. The standard InChI is InChI=1S/C7H12N2O4/c10-5-8-6-2-1-3-7(4-6)13-9(11)12/h5-7H,1-4H2,(H,8,10)/t6-,7+/m0/s1. The summed E-state index contributed by atoms with van der Waals surface area (Å²) in [7, 11) is 0. The van der Waals surface area contributed by atoms with Crippen molar-refractivity contribution in [2.24, 2.45) is 0 Å². The molecule has 2 atom stereocenters. The Balaban J connectivity index is 2.32. The molecular formula is C7H12N2O4. The van der Waals surface area contributed by atoms with Crippen LogP contribution < -0.4 is 5.32 Å². The first-order chi connectivity index (χ1) is 6.22. The maximum Gasteiger partial charge on any atom is 0.294 e. The molecule has 1 fully saturated rings.